The molecule has 100 valence electrons. The topological polar surface area (TPSA) is 24.5 Å². The third kappa shape index (κ3) is 4.00. The van der Waals surface area contributed by atoms with Crippen LogP contribution in [0.25, 0.3) is 0 Å². The Labute approximate surface area is 110 Å². The summed E-state index contributed by atoms with van der Waals surface area (Å²) in [6.45, 7) is 8.56. The molecule has 0 aliphatic carbocycles. The highest BCUT2D eigenvalue weighted by atomic mass is 16.5. The van der Waals surface area contributed by atoms with E-state index in [2.05, 4.69) is 24.1 Å². The standard InChI is InChI=1S/C15H24N2O/c1-13-12-17(14(2)8-9-16-13)10-11-18-15-6-4-3-5-7-15/h3-7,13-14,16H,8-12H2,1-2H3. The highest BCUT2D eigenvalue weighted by Crippen LogP contribution is 2.11. The molecule has 1 heterocycles. The predicted octanol–water partition coefficient (Wildman–Crippen LogP) is 2.14. The molecule has 1 N–H and O–H groups in total. The second-order valence-corrected chi connectivity index (χ2v) is 5.15. The van der Waals surface area contributed by atoms with Crippen molar-refractivity contribution in [2.75, 3.05) is 26.2 Å². The van der Waals surface area contributed by atoms with Crippen LogP contribution in [0, 0.1) is 0 Å². The second kappa shape index (κ2) is 6.76. The number of hydrogen-bond donors (Lipinski definition) is 1. The second-order valence-electron chi connectivity index (χ2n) is 5.15. The zero-order chi connectivity index (χ0) is 12.8. The molecule has 0 spiro atoms. The molecule has 2 atom stereocenters. The zero-order valence-electron chi connectivity index (χ0n) is 11.4. The first-order valence-electron chi connectivity index (χ1n) is 6.91. The normalized spacial score (nSPS) is 25.7. The summed E-state index contributed by atoms with van der Waals surface area (Å²) in [7, 11) is 0. The SMILES string of the molecule is CC1CN(CCOc2ccccc2)C(C)CCN1. The van der Waals surface area contributed by atoms with Gasteiger partial charge < -0.3 is 10.1 Å². The minimum Gasteiger partial charge on any atom is -0.492 e. The molecule has 1 saturated heterocycles. The van der Waals surface area contributed by atoms with E-state index in [0.29, 0.717) is 12.1 Å². The van der Waals surface area contributed by atoms with Crippen molar-refractivity contribution in [3.63, 3.8) is 0 Å². The lowest BCUT2D eigenvalue weighted by molar-refractivity contribution is 0.167. The Morgan fingerprint density at radius 3 is 2.83 bits per heavy atom. The Morgan fingerprint density at radius 2 is 2.06 bits per heavy atom. The molecule has 3 heteroatoms. The lowest BCUT2D eigenvalue weighted by Gasteiger charge is -2.27. The summed E-state index contributed by atoms with van der Waals surface area (Å²) in [6, 6.07) is 11.3. The van der Waals surface area contributed by atoms with Gasteiger partial charge in [0.2, 0.25) is 0 Å². The molecule has 1 aliphatic heterocycles. The van der Waals surface area contributed by atoms with Gasteiger partial charge in [-0.1, -0.05) is 18.2 Å². The van der Waals surface area contributed by atoms with Gasteiger partial charge in [0.15, 0.2) is 0 Å². The van der Waals surface area contributed by atoms with Crippen molar-refractivity contribution in [3.8, 4) is 5.75 Å². The number of para-hydroxylation sites is 1. The molecule has 0 saturated carbocycles. The summed E-state index contributed by atoms with van der Waals surface area (Å²) in [5.41, 5.74) is 0. The smallest absolute Gasteiger partial charge is 0.119 e. The van der Waals surface area contributed by atoms with Crippen LogP contribution in [0.2, 0.25) is 0 Å². The fourth-order valence-electron chi connectivity index (χ4n) is 2.43. The molecule has 0 aromatic heterocycles. The molecular weight excluding hydrogens is 224 g/mol. The quantitative estimate of drug-likeness (QED) is 0.883. The maximum absolute atomic E-state index is 5.77. The van der Waals surface area contributed by atoms with Crippen LogP contribution >= 0.6 is 0 Å². The van der Waals surface area contributed by atoms with Gasteiger partial charge in [-0.3, -0.25) is 4.90 Å². The van der Waals surface area contributed by atoms with Gasteiger partial charge in [0.25, 0.3) is 0 Å². The molecule has 2 rings (SSSR count). The number of ether oxygens (including phenoxy) is 1. The van der Waals surface area contributed by atoms with E-state index in [0.717, 1.165) is 32.0 Å². The Bertz CT molecular complexity index is 342. The summed E-state index contributed by atoms with van der Waals surface area (Å²) in [5, 5.41) is 3.53. The number of nitrogens with zero attached hydrogens (tertiary/aromatic N) is 1. The summed E-state index contributed by atoms with van der Waals surface area (Å²) in [5.74, 6) is 0.964. The first-order chi connectivity index (χ1) is 8.75. The van der Waals surface area contributed by atoms with Crippen molar-refractivity contribution < 1.29 is 4.74 Å². The predicted molar refractivity (Wildman–Crippen MR) is 75.1 cm³/mol. The molecule has 1 fully saturated rings. The van der Waals surface area contributed by atoms with Crippen molar-refractivity contribution in [3.05, 3.63) is 30.3 Å². The van der Waals surface area contributed by atoms with Crippen molar-refractivity contribution in [1.82, 2.24) is 10.2 Å². The van der Waals surface area contributed by atoms with Crippen molar-refractivity contribution >= 4 is 0 Å². The Morgan fingerprint density at radius 1 is 1.28 bits per heavy atom. The molecule has 0 bridgehead atoms. The third-order valence-corrected chi connectivity index (χ3v) is 3.58. The van der Waals surface area contributed by atoms with Gasteiger partial charge >= 0.3 is 0 Å². The average Bonchev–Trinajstić information content (AvgIpc) is 2.53. The molecule has 18 heavy (non-hydrogen) atoms. The molecule has 1 aliphatic rings. The lowest BCUT2D eigenvalue weighted by Crippen LogP contribution is -2.40. The van der Waals surface area contributed by atoms with Crippen molar-refractivity contribution in [2.24, 2.45) is 0 Å². The fraction of sp³-hybridized carbons (Fsp3) is 0.600. The van der Waals surface area contributed by atoms with E-state index in [9.17, 15) is 0 Å². The fourth-order valence-corrected chi connectivity index (χ4v) is 2.43. The van der Waals surface area contributed by atoms with E-state index in [1.54, 1.807) is 0 Å². The van der Waals surface area contributed by atoms with Gasteiger partial charge in [-0.25, -0.2) is 0 Å². The third-order valence-electron chi connectivity index (χ3n) is 3.58. The van der Waals surface area contributed by atoms with Gasteiger partial charge in [-0.05, 0) is 38.9 Å². The zero-order valence-corrected chi connectivity index (χ0v) is 11.4. The molecule has 2 unspecified atom stereocenters. The van der Waals surface area contributed by atoms with Crippen LogP contribution in [0.3, 0.4) is 0 Å². The Hall–Kier alpha value is -1.06. The maximum atomic E-state index is 5.77. The number of rotatable bonds is 4. The first kappa shape index (κ1) is 13.4. The van der Waals surface area contributed by atoms with Crippen molar-refractivity contribution in [1.29, 1.82) is 0 Å². The van der Waals surface area contributed by atoms with Crippen LogP contribution in [0.15, 0.2) is 30.3 Å². The molecule has 0 amide bonds. The largest absolute Gasteiger partial charge is 0.492 e. The average molecular weight is 248 g/mol. The lowest BCUT2D eigenvalue weighted by atomic mass is 10.2. The van der Waals surface area contributed by atoms with Crippen molar-refractivity contribution in [2.45, 2.75) is 32.4 Å². The van der Waals surface area contributed by atoms with E-state index in [4.69, 9.17) is 4.74 Å². The number of nitrogens with one attached hydrogen (secondary N) is 1. The van der Waals surface area contributed by atoms with Gasteiger partial charge in [0.1, 0.15) is 12.4 Å². The summed E-state index contributed by atoms with van der Waals surface area (Å²) < 4.78 is 5.77. The monoisotopic (exact) mass is 248 g/mol. The van der Waals surface area contributed by atoms with Crippen LogP contribution in [0.4, 0.5) is 0 Å². The minimum atomic E-state index is 0.576. The summed E-state index contributed by atoms with van der Waals surface area (Å²) >= 11 is 0. The van der Waals surface area contributed by atoms with Crippen LogP contribution in [0.1, 0.15) is 20.3 Å². The highest BCUT2D eigenvalue weighted by molar-refractivity contribution is 5.20. The van der Waals surface area contributed by atoms with Crippen LogP contribution in [-0.2, 0) is 0 Å². The van der Waals surface area contributed by atoms with Gasteiger partial charge in [-0.2, -0.15) is 0 Å². The van der Waals surface area contributed by atoms with E-state index >= 15 is 0 Å². The molecule has 1 aromatic carbocycles. The van der Waals surface area contributed by atoms with Crippen LogP contribution < -0.4 is 10.1 Å². The minimum absolute atomic E-state index is 0.576. The number of benzene rings is 1. The first-order valence-corrected chi connectivity index (χ1v) is 6.91. The highest BCUT2D eigenvalue weighted by Gasteiger charge is 2.19. The van der Waals surface area contributed by atoms with E-state index in [1.807, 2.05) is 30.3 Å². The molecule has 3 nitrogen and oxygen atoms in total. The van der Waals surface area contributed by atoms with Gasteiger partial charge in [0.05, 0.1) is 0 Å². The maximum Gasteiger partial charge on any atom is 0.119 e. The van der Waals surface area contributed by atoms with Crippen LogP contribution in [0.5, 0.6) is 5.75 Å². The van der Waals surface area contributed by atoms with E-state index in [-0.39, 0.29) is 0 Å². The molecule has 1 aromatic rings. The molecule has 0 radical (unpaired) electrons. The van der Waals surface area contributed by atoms with Gasteiger partial charge in [0, 0.05) is 25.2 Å². The van der Waals surface area contributed by atoms with E-state index in [1.165, 1.54) is 6.42 Å². The summed E-state index contributed by atoms with van der Waals surface area (Å²) in [6.07, 6.45) is 1.22. The Balaban J connectivity index is 1.78. The van der Waals surface area contributed by atoms with E-state index < -0.39 is 0 Å². The number of hydrogen-bond acceptors (Lipinski definition) is 3. The molecular formula is C15H24N2O. The Kier molecular flexibility index (Phi) is 5.02. The van der Waals surface area contributed by atoms with Gasteiger partial charge in [-0.15, -0.1) is 0 Å². The summed E-state index contributed by atoms with van der Waals surface area (Å²) in [4.78, 5) is 2.52. The van der Waals surface area contributed by atoms with Crippen LogP contribution in [-0.4, -0.2) is 43.2 Å².